The first-order chi connectivity index (χ1) is 9.93. The van der Waals surface area contributed by atoms with Gasteiger partial charge in [0.2, 0.25) is 5.91 Å². The fourth-order valence-corrected chi connectivity index (χ4v) is 5.34. The minimum atomic E-state index is -3.61. The second kappa shape index (κ2) is 7.07. The molecule has 0 aliphatic heterocycles. The van der Waals surface area contributed by atoms with Crippen LogP contribution in [0.3, 0.4) is 0 Å². The van der Waals surface area contributed by atoms with E-state index in [1.54, 1.807) is 7.05 Å². The van der Waals surface area contributed by atoms with Crippen LogP contribution in [0.5, 0.6) is 0 Å². The molecule has 21 heavy (non-hydrogen) atoms. The van der Waals surface area contributed by atoms with Crippen LogP contribution in [0, 0.1) is 0 Å². The van der Waals surface area contributed by atoms with Gasteiger partial charge in [-0.25, -0.2) is 0 Å². The SMILES string of the molecule is CN(C1CCCCC1)S(=O)(=O)N(CC(N)=O)C1CCCC1. The van der Waals surface area contributed by atoms with Gasteiger partial charge in [0.25, 0.3) is 10.2 Å². The summed E-state index contributed by atoms with van der Waals surface area (Å²) in [6, 6.07) is -0.0194. The summed E-state index contributed by atoms with van der Waals surface area (Å²) in [6.07, 6.45) is 8.82. The highest BCUT2D eigenvalue weighted by Gasteiger charge is 2.38. The quantitative estimate of drug-likeness (QED) is 0.799. The van der Waals surface area contributed by atoms with E-state index < -0.39 is 16.1 Å². The summed E-state index contributed by atoms with van der Waals surface area (Å²) in [4.78, 5) is 11.3. The average Bonchev–Trinajstić information content (AvgIpc) is 2.98. The number of carbonyl (C=O) groups is 1. The van der Waals surface area contributed by atoms with Gasteiger partial charge in [0.1, 0.15) is 0 Å². The van der Waals surface area contributed by atoms with Crippen LogP contribution in [-0.4, -0.2) is 48.6 Å². The standard InChI is InChI=1S/C14H27N3O3S/c1-16(12-7-3-2-4-8-12)21(19,20)17(11-14(15)18)13-9-5-6-10-13/h12-13H,2-11H2,1H3,(H2,15,18). The van der Waals surface area contributed by atoms with Crippen LogP contribution >= 0.6 is 0 Å². The van der Waals surface area contributed by atoms with Crippen molar-refractivity contribution in [2.45, 2.75) is 69.9 Å². The molecule has 2 aliphatic rings. The molecule has 2 fully saturated rings. The van der Waals surface area contributed by atoms with Gasteiger partial charge in [-0.3, -0.25) is 4.79 Å². The van der Waals surface area contributed by atoms with E-state index in [0.29, 0.717) is 0 Å². The average molecular weight is 317 g/mol. The predicted octanol–water partition coefficient (Wildman–Crippen LogP) is 1.23. The van der Waals surface area contributed by atoms with E-state index in [1.165, 1.54) is 15.0 Å². The summed E-state index contributed by atoms with van der Waals surface area (Å²) in [7, 11) is -1.97. The molecule has 122 valence electrons. The molecule has 2 aliphatic carbocycles. The van der Waals surface area contributed by atoms with Crippen molar-refractivity contribution in [3.8, 4) is 0 Å². The van der Waals surface area contributed by atoms with Gasteiger partial charge in [-0.05, 0) is 25.7 Å². The van der Waals surface area contributed by atoms with E-state index in [2.05, 4.69) is 0 Å². The van der Waals surface area contributed by atoms with E-state index in [-0.39, 0.29) is 18.6 Å². The monoisotopic (exact) mass is 317 g/mol. The minimum absolute atomic E-state index is 0.0560. The van der Waals surface area contributed by atoms with Crippen LogP contribution in [0.1, 0.15) is 57.8 Å². The first-order valence-electron chi connectivity index (χ1n) is 7.96. The molecule has 0 atom stereocenters. The molecule has 2 N–H and O–H groups in total. The van der Waals surface area contributed by atoms with Gasteiger partial charge in [-0.2, -0.15) is 17.0 Å². The maximum atomic E-state index is 12.9. The number of nitrogens with zero attached hydrogens (tertiary/aromatic N) is 2. The molecule has 0 bridgehead atoms. The highest BCUT2D eigenvalue weighted by Crippen LogP contribution is 2.29. The van der Waals surface area contributed by atoms with Gasteiger partial charge in [-0.15, -0.1) is 0 Å². The Balaban J connectivity index is 2.16. The Kier molecular flexibility index (Phi) is 5.62. The molecule has 2 saturated carbocycles. The molecular formula is C14H27N3O3S. The third kappa shape index (κ3) is 3.96. The zero-order valence-corrected chi connectivity index (χ0v) is 13.6. The third-order valence-corrected chi connectivity index (χ3v) is 6.84. The van der Waals surface area contributed by atoms with Crippen molar-refractivity contribution in [3.63, 3.8) is 0 Å². The number of carbonyl (C=O) groups excluding carboxylic acids is 1. The Morgan fingerprint density at radius 3 is 2.00 bits per heavy atom. The second-order valence-electron chi connectivity index (χ2n) is 6.27. The predicted molar refractivity (Wildman–Crippen MR) is 81.7 cm³/mol. The van der Waals surface area contributed by atoms with Crippen LogP contribution in [0.2, 0.25) is 0 Å². The first kappa shape index (κ1) is 16.7. The van der Waals surface area contributed by atoms with Crippen LogP contribution < -0.4 is 5.73 Å². The molecule has 0 aromatic rings. The summed E-state index contributed by atoms with van der Waals surface area (Å²) in [5.41, 5.74) is 5.27. The van der Waals surface area contributed by atoms with E-state index >= 15 is 0 Å². The molecule has 7 heteroatoms. The smallest absolute Gasteiger partial charge is 0.282 e. The van der Waals surface area contributed by atoms with Crippen molar-refractivity contribution < 1.29 is 13.2 Å². The van der Waals surface area contributed by atoms with Gasteiger partial charge < -0.3 is 5.73 Å². The highest BCUT2D eigenvalue weighted by molar-refractivity contribution is 7.86. The Morgan fingerprint density at radius 2 is 1.48 bits per heavy atom. The van der Waals surface area contributed by atoms with E-state index in [4.69, 9.17) is 5.73 Å². The first-order valence-corrected chi connectivity index (χ1v) is 9.35. The van der Waals surface area contributed by atoms with Gasteiger partial charge in [0, 0.05) is 19.1 Å². The van der Waals surface area contributed by atoms with Crippen molar-refractivity contribution in [1.82, 2.24) is 8.61 Å². The topological polar surface area (TPSA) is 83.7 Å². The number of rotatable bonds is 6. The van der Waals surface area contributed by atoms with E-state index in [0.717, 1.165) is 51.4 Å². The largest absolute Gasteiger partial charge is 0.369 e. The summed E-state index contributed by atoms with van der Waals surface area (Å²) < 4.78 is 28.6. The molecule has 1 amide bonds. The van der Waals surface area contributed by atoms with Crippen LogP contribution in [0.4, 0.5) is 0 Å². The summed E-state index contributed by atoms with van der Waals surface area (Å²) >= 11 is 0. The van der Waals surface area contributed by atoms with E-state index in [1.807, 2.05) is 0 Å². The van der Waals surface area contributed by atoms with Crippen LogP contribution in [0.15, 0.2) is 0 Å². The van der Waals surface area contributed by atoms with Crippen molar-refractivity contribution in [2.24, 2.45) is 5.73 Å². The van der Waals surface area contributed by atoms with Crippen molar-refractivity contribution in [2.75, 3.05) is 13.6 Å². The lowest BCUT2D eigenvalue weighted by Gasteiger charge is -2.36. The normalized spacial score (nSPS) is 22.2. The summed E-state index contributed by atoms with van der Waals surface area (Å²) in [6.45, 7) is -0.204. The summed E-state index contributed by atoms with van der Waals surface area (Å²) in [5.74, 6) is -0.581. The lowest BCUT2D eigenvalue weighted by atomic mass is 9.96. The maximum absolute atomic E-state index is 12.9. The number of nitrogens with two attached hydrogens (primary N) is 1. The second-order valence-corrected chi connectivity index (χ2v) is 8.21. The van der Waals surface area contributed by atoms with Gasteiger partial charge >= 0.3 is 0 Å². The Labute approximate surface area is 127 Å². The van der Waals surface area contributed by atoms with Gasteiger partial charge in [0.15, 0.2) is 0 Å². The van der Waals surface area contributed by atoms with Crippen molar-refractivity contribution in [1.29, 1.82) is 0 Å². The number of amides is 1. The molecule has 0 spiro atoms. The minimum Gasteiger partial charge on any atom is -0.369 e. The number of hydrogen-bond acceptors (Lipinski definition) is 3. The van der Waals surface area contributed by atoms with Crippen molar-refractivity contribution in [3.05, 3.63) is 0 Å². The Bertz CT molecular complexity index is 454. The number of primary amides is 1. The van der Waals surface area contributed by atoms with E-state index in [9.17, 15) is 13.2 Å². The fraction of sp³-hybridized carbons (Fsp3) is 0.929. The Morgan fingerprint density at radius 1 is 1.00 bits per heavy atom. The van der Waals surface area contributed by atoms with Crippen LogP contribution in [-0.2, 0) is 15.0 Å². The molecule has 0 aromatic carbocycles. The number of hydrogen-bond donors (Lipinski definition) is 1. The van der Waals surface area contributed by atoms with Gasteiger partial charge in [0.05, 0.1) is 6.54 Å². The zero-order chi connectivity index (χ0) is 15.5. The maximum Gasteiger partial charge on any atom is 0.282 e. The van der Waals surface area contributed by atoms with Crippen LogP contribution in [0.25, 0.3) is 0 Å². The summed E-state index contributed by atoms with van der Waals surface area (Å²) in [5, 5.41) is 0. The Hall–Kier alpha value is -0.660. The molecule has 0 saturated heterocycles. The molecule has 0 aromatic heterocycles. The molecule has 6 nitrogen and oxygen atoms in total. The lowest BCUT2D eigenvalue weighted by molar-refractivity contribution is -0.118. The molecule has 0 radical (unpaired) electrons. The molecule has 2 rings (SSSR count). The molecular weight excluding hydrogens is 290 g/mol. The highest BCUT2D eigenvalue weighted by atomic mass is 32.2. The third-order valence-electron chi connectivity index (χ3n) is 4.79. The lowest BCUT2D eigenvalue weighted by Crippen LogP contribution is -2.52. The zero-order valence-electron chi connectivity index (χ0n) is 12.8. The molecule has 0 heterocycles. The molecule has 0 unspecified atom stereocenters. The van der Waals surface area contributed by atoms with Crippen molar-refractivity contribution >= 4 is 16.1 Å². The fourth-order valence-electron chi connectivity index (χ4n) is 3.54. The van der Waals surface area contributed by atoms with Gasteiger partial charge in [-0.1, -0.05) is 32.1 Å².